The van der Waals surface area contributed by atoms with Crippen LogP contribution in [-0.2, 0) is 32.6 Å². The quantitative estimate of drug-likeness (QED) is 0.303. The van der Waals surface area contributed by atoms with Gasteiger partial charge in [-0.05, 0) is 62.9 Å². The van der Waals surface area contributed by atoms with Crippen LogP contribution in [0.2, 0.25) is 0 Å². The number of benzene rings is 3. The number of hydrogen-bond acceptors (Lipinski definition) is 4. The fourth-order valence-corrected chi connectivity index (χ4v) is 5.58. The first-order chi connectivity index (χ1) is 19.7. The van der Waals surface area contributed by atoms with Gasteiger partial charge in [-0.3, -0.25) is 13.9 Å². The van der Waals surface area contributed by atoms with Crippen molar-refractivity contribution < 1.29 is 26.8 Å². The van der Waals surface area contributed by atoms with Crippen LogP contribution in [0.15, 0.2) is 72.8 Å². The predicted octanol–water partition coefficient (Wildman–Crippen LogP) is 5.37. The minimum absolute atomic E-state index is 0.0351. The average Bonchev–Trinajstić information content (AvgIpc) is 2.90. The van der Waals surface area contributed by atoms with Gasteiger partial charge < -0.3 is 10.2 Å². The molecule has 3 aromatic carbocycles. The van der Waals surface area contributed by atoms with E-state index in [1.54, 1.807) is 4.90 Å². The second-order valence-corrected chi connectivity index (χ2v) is 13.3. The topological polar surface area (TPSA) is 86.8 Å². The molecule has 0 aliphatic rings. The van der Waals surface area contributed by atoms with Crippen molar-refractivity contribution in [3.63, 3.8) is 0 Å². The van der Waals surface area contributed by atoms with Crippen LogP contribution in [0.1, 0.15) is 50.3 Å². The van der Waals surface area contributed by atoms with Crippen LogP contribution in [0.25, 0.3) is 0 Å². The van der Waals surface area contributed by atoms with Crippen molar-refractivity contribution in [3.8, 4) is 0 Å². The number of aryl methyl sites for hydroxylation is 1. The van der Waals surface area contributed by atoms with Gasteiger partial charge in [0.15, 0.2) is 11.6 Å². The van der Waals surface area contributed by atoms with Crippen LogP contribution in [0.5, 0.6) is 0 Å². The van der Waals surface area contributed by atoms with Gasteiger partial charge >= 0.3 is 0 Å². The normalized spacial score (nSPS) is 12.5. The van der Waals surface area contributed by atoms with Gasteiger partial charge in [0.05, 0.1) is 11.9 Å². The summed E-state index contributed by atoms with van der Waals surface area (Å²) in [5.41, 5.74) is 2.16. The van der Waals surface area contributed by atoms with Crippen LogP contribution >= 0.6 is 0 Å². The summed E-state index contributed by atoms with van der Waals surface area (Å²) in [6.45, 7) is 7.60. The van der Waals surface area contributed by atoms with Crippen LogP contribution < -0.4 is 9.62 Å². The molecule has 0 fully saturated rings. The lowest BCUT2D eigenvalue weighted by Gasteiger charge is -2.34. The van der Waals surface area contributed by atoms with Crippen LogP contribution in [0.3, 0.4) is 0 Å². The maximum atomic E-state index is 13.9. The molecule has 0 unspecified atom stereocenters. The Balaban J connectivity index is 1.92. The van der Waals surface area contributed by atoms with E-state index in [1.165, 1.54) is 6.07 Å². The summed E-state index contributed by atoms with van der Waals surface area (Å²) in [6.07, 6.45) is 1.27. The standard InChI is InChI=1S/C32H39F2N3O4S/c1-23-12-9-10-15-25(23)22-36(29(31(39)35-32(2,3)4)20-24-13-7-6-8-14-24)30(38)16-11-19-37(42(5,40)41)26-17-18-27(33)28(34)21-26/h6-10,12-15,17-18,21,29H,11,16,19-20,22H2,1-5H3,(H,35,39)/t29-/m1/s1. The molecular formula is C32H39F2N3O4S. The number of anilines is 1. The second kappa shape index (κ2) is 13.9. The van der Waals surface area contributed by atoms with Gasteiger partial charge in [-0.25, -0.2) is 17.2 Å². The zero-order chi connectivity index (χ0) is 31.1. The van der Waals surface area contributed by atoms with Gasteiger partial charge in [0.1, 0.15) is 6.04 Å². The molecule has 3 aromatic rings. The molecule has 0 saturated carbocycles. The lowest BCUT2D eigenvalue weighted by molar-refractivity contribution is -0.142. The van der Waals surface area contributed by atoms with Gasteiger partial charge in [0.25, 0.3) is 0 Å². The van der Waals surface area contributed by atoms with Crippen molar-refractivity contribution in [3.05, 3.63) is 101 Å². The third-order valence-corrected chi connectivity index (χ3v) is 7.91. The Bertz CT molecular complexity index is 1490. The first kappa shape index (κ1) is 32.7. The highest BCUT2D eigenvalue weighted by molar-refractivity contribution is 7.92. The molecule has 0 aromatic heterocycles. The van der Waals surface area contributed by atoms with Crippen molar-refractivity contribution in [1.82, 2.24) is 10.2 Å². The minimum atomic E-state index is -3.86. The van der Waals surface area contributed by atoms with E-state index in [4.69, 9.17) is 0 Å². The van der Waals surface area contributed by atoms with Crippen molar-refractivity contribution in [2.45, 2.75) is 65.1 Å². The first-order valence-electron chi connectivity index (χ1n) is 13.8. The number of rotatable bonds is 12. The Morgan fingerprint density at radius 1 is 0.929 bits per heavy atom. The number of nitrogens with one attached hydrogen (secondary N) is 1. The molecule has 0 spiro atoms. The SMILES string of the molecule is Cc1ccccc1CN(C(=O)CCCN(c1ccc(F)c(F)c1)S(C)(=O)=O)[C@H](Cc1ccccc1)C(=O)NC(C)(C)C. The predicted molar refractivity (Wildman–Crippen MR) is 161 cm³/mol. The average molecular weight is 600 g/mol. The lowest BCUT2D eigenvalue weighted by Crippen LogP contribution is -2.54. The molecule has 3 rings (SSSR count). The number of hydrogen-bond donors (Lipinski definition) is 1. The molecule has 0 bridgehead atoms. The number of nitrogens with zero attached hydrogens (tertiary/aromatic N) is 2. The van der Waals surface area contributed by atoms with Crippen LogP contribution in [0, 0.1) is 18.6 Å². The van der Waals surface area contributed by atoms with Gasteiger partial charge in [-0.15, -0.1) is 0 Å². The Hall–Kier alpha value is -3.79. The monoisotopic (exact) mass is 599 g/mol. The van der Waals surface area contributed by atoms with Crippen molar-refractivity contribution in [2.24, 2.45) is 0 Å². The zero-order valence-electron chi connectivity index (χ0n) is 24.7. The summed E-state index contributed by atoms with van der Waals surface area (Å²) >= 11 is 0. The maximum absolute atomic E-state index is 13.9. The van der Waals surface area contributed by atoms with Crippen LogP contribution in [-0.4, -0.2) is 49.5 Å². The molecule has 1 atom stereocenters. The summed E-state index contributed by atoms with van der Waals surface area (Å²) in [4.78, 5) is 29.1. The summed E-state index contributed by atoms with van der Waals surface area (Å²) in [6, 6.07) is 19.1. The Labute approximate surface area is 247 Å². The minimum Gasteiger partial charge on any atom is -0.350 e. The Kier molecular flexibility index (Phi) is 10.8. The number of halogens is 2. The molecule has 7 nitrogen and oxygen atoms in total. The summed E-state index contributed by atoms with van der Waals surface area (Å²) in [7, 11) is -3.86. The molecule has 226 valence electrons. The highest BCUT2D eigenvalue weighted by atomic mass is 32.2. The smallest absolute Gasteiger partial charge is 0.243 e. The number of carbonyl (C=O) groups excluding carboxylic acids is 2. The fourth-order valence-electron chi connectivity index (χ4n) is 4.62. The van der Waals surface area contributed by atoms with Gasteiger partial charge in [0.2, 0.25) is 21.8 Å². The van der Waals surface area contributed by atoms with E-state index in [-0.39, 0.29) is 49.9 Å². The van der Waals surface area contributed by atoms with E-state index < -0.39 is 33.2 Å². The van der Waals surface area contributed by atoms with Crippen LogP contribution in [0.4, 0.5) is 14.5 Å². The largest absolute Gasteiger partial charge is 0.350 e. The fraction of sp³-hybridized carbons (Fsp3) is 0.375. The Morgan fingerprint density at radius 3 is 2.17 bits per heavy atom. The summed E-state index contributed by atoms with van der Waals surface area (Å²) in [5.74, 6) is -2.89. The van der Waals surface area contributed by atoms with Gasteiger partial charge in [0, 0.05) is 37.5 Å². The zero-order valence-corrected chi connectivity index (χ0v) is 25.5. The van der Waals surface area contributed by atoms with Crippen molar-refractivity contribution >= 4 is 27.5 Å². The van der Waals surface area contributed by atoms with E-state index >= 15 is 0 Å². The molecule has 10 heteroatoms. The third kappa shape index (κ3) is 9.37. The molecule has 0 aliphatic carbocycles. The molecule has 42 heavy (non-hydrogen) atoms. The van der Waals surface area contributed by atoms with Gasteiger partial charge in [-0.2, -0.15) is 0 Å². The van der Waals surface area contributed by atoms with Crippen molar-refractivity contribution in [1.29, 1.82) is 0 Å². The van der Waals surface area contributed by atoms with E-state index in [1.807, 2.05) is 82.3 Å². The molecular weight excluding hydrogens is 560 g/mol. The summed E-state index contributed by atoms with van der Waals surface area (Å²) in [5, 5.41) is 3.01. The second-order valence-electron chi connectivity index (χ2n) is 11.4. The maximum Gasteiger partial charge on any atom is 0.243 e. The lowest BCUT2D eigenvalue weighted by atomic mass is 9.99. The summed E-state index contributed by atoms with van der Waals surface area (Å²) < 4.78 is 53.3. The Morgan fingerprint density at radius 2 is 1.57 bits per heavy atom. The highest BCUT2D eigenvalue weighted by Gasteiger charge is 2.32. The third-order valence-electron chi connectivity index (χ3n) is 6.71. The van der Waals surface area contributed by atoms with E-state index in [0.717, 1.165) is 39.4 Å². The number of carbonyl (C=O) groups is 2. The molecule has 0 heterocycles. The van der Waals surface area contributed by atoms with Gasteiger partial charge in [-0.1, -0.05) is 54.6 Å². The van der Waals surface area contributed by atoms with E-state index in [2.05, 4.69) is 5.32 Å². The molecule has 0 aliphatic heterocycles. The highest BCUT2D eigenvalue weighted by Crippen LogP contribution is 2.23. The van der Waals surface area contributed by atoms with E-state index in [9.17, 15) is 26.8 Å². The number of sulfonamides is 1. The van der Waals surface area contributed by atoms with E-state index in [0.29, 0.717) is 0 Å². The first-order valence-corrected chi connectivity index (χ1v) is 15.6. The molecule has 0 saturated heterocycles. The van der Waals surface area contributed by atoms with Crippen molar-refractivity contribution in [2.75, 3.05) is 17.1 Å². The molecule has 0 radical (unpaired) electrons. The molecule has 1 N–H and O–H groups in total. The molecule has 2 amide bonds. The number of amides is 2.